The van der Waals surface area contributed by atoms with E-state index in [1.807, 2.05) is 32.0 Å². The molecule has 2 N–H and O–H groups in total. The molecule has 2 rings (SSSR count). The second kappa shape index (κ2) is 8.63. The molecule has 122 valence electrons. The van der Waals surface area contributed by atoms with E-state index in [4.69, 9.17) is 9.47 Å². The first-order valence-electron chi connectivity index (χ1n) is 7.95. The number of hydrogen-bond acceptors (Lipinski definition) is 3. The standard InChI is InChI=1S/C17H26N2O3/c1-13-5-3-6-14(2)16(13)22-10-8-18-17(20)19-11-15-7-4-9-21-12-15/h3,5-6,15H,4,7-12H2,1-2H3,(H2,18,19,20)/t15-/m1/s1. The largest absolute Gasteiger partial charge is 0.491 e. The molecule has 0 unspecified atom stereocenters. The average molecular weight is 306 g/mol. The van der Waals surface area contributed by atoms with Gasteiger partial charge in [-0.05, 0) is 43.7 Å². The summed E-state index contributed by atoms with van der Waals surface area (Å²) >= 11 is 0. The van der Waals surface area contributed by atoms with Crippen molar-refractivity contribution >= 4 is 6.03 Å². The van der Waals surface area contributed by atoms with Crippen LogP contribution in [0.15, 0.2) is 18.2 Å². The molecule has 22 heavy (non-hydrogen) atoms. The molecular weight excluding hydrogens is 280 g/mol. The van der Waals surface area contributed by atoms with Crippen LogP contribution in [-0.4, -0.2) is 38.9 Å². The number of ether oxygens (including phenoxy) is 2. The van der Waals surface area contributed by atoms with E-state index in [0.717, 1.165) is 42.9 Å². The van der Waals surface area contributed by atoms with Crippen molar-refractivity contribution in [3.63, 3.8) is 0 Å². The molecule has 0 radical (unpaired) electrons. The lowest BCUT2D eigenvalue weighted by molar-refractivity contribution is 0.0557. The maximum atomic E-state index is 11.7. The minimum atomic E-state index is -0.143. The third kappa shape index (κ3) is 5.22. The Morgan fingerprint density at radius 2 is 2.09 bits per heavy atom. The lowest BCUT2D eigenvalue weighted by atomic mass is 10.0. The number of carbonyl (C=O) groups is 1. The molecule has 1 aliphatic heterocycles. The van der Waals surface area contributed by atoms with Crippen molar-refractivity contribution in [1.29, 1.82) is 0 Å². The minimum absolute atomic E-state index is 0.143. The zero-order valence-electron chi connectivity index (χ0n) is 13.5. The smallest absolute Gasteiger partial charge is 0.314 e. The molecular formula is C17H26N2O3. The summed E-state index contributed by atoms with van der Waals surface area (Å²) in [5, 5.41) is 5.70. The number of amides is 2. The van der Waals surface area contributed by atoms with Crippen molar-refractivity contribution in [2.75, 3.05) is 32.9 Å². The van der Waals surface area contributed by atoms with E-state index in [-0.39, 0.29) is 6.03 Å². The molecule has 1 saturated heterocycles. The molecule has 0 aliphatic carbocycles. The molecule has 0 spiro atoms. The van der Waals surface area contributed by atoms with E-state index in [2.05, 4.69) is 10.6 Å². The Hall–Kier alpha value is -1.75. The van der Waals surface area contributed by atoms with Gasteiger partial charge in [-0.1, -0.05) is 18.2 Å². The van der Waals surface area contributed by atoms with Gasteiger partial charge in [-0.15, -0.1) is 0 Å². The molecule has 5 nitrogen and oxygen atoms in total. The van der Waals surface area contributed by atoms with Crippen LogP contribution in [0.25, 0.3) is 0 Å². The van der Waals surface area contributed by atoms with Crippen molar-refractivity contribution in [3.05, 3.63) is 29.3 Å². The van der Waals surface area contributed by atoms with Crippen LogP contribution in [0, 0.1) is 19.8 Å². The predicted molar refractivity (Wildman–Crippen MR) is 86.4 cm³/mol. The van der Waals surface area contributed by atoms with E-state index < -0.39 is 0 Å². The summed E-state index contributed by atoms with van der Waals surface area (Å²) < 4.78 is 11.1. The van der Waals surface area contributed by atoms with Gasteiger partial charge in [0.05, 0.1) is 13.2 Å². The van der Waals surface area contributed by atoms with E-state index in [1.54, 1.807) is 0 Å². The highest BCUT2D eigenvalue weighted by Crippen LogP contribution is 2.21. The fourth-order valence-electron chi connectivity index (χ4n) is 2.61. The summed E-state index contributed by atoms with van der Waals surface area (Å²) in [4.78, 5) is 11.7. The summed E-state index contributed by atoms with van der Waals surface area (Å²) in [6.45, 7) is 7.26. The molecule has 0 aromatic heterocycles. The van der Waals surface area contributed by atoms with Crippen LogP contribution in [0.1, 0.15) is 24.0 Å². The highest BCUT2D eigenvalue weighted by atomic mass is 16.5. The van der Waals surface area contributed by atoms with Crippen molar-refractivity contribution in [3.8, 4) is 5.75 Å². The fourth-order valence-corrected chi connectivity index (χ4v) is 2.61. The topological polar surface area (TPSA) is 59.6 Å². The zero-order valence-corrected chi connectivity index (χ0v) is 13.5. The quantitative estimate of drug-likeness (QED) is 0.794. The molecule has 5 heteroatoms. The van der Waals surface area contributed by atoms with Gasteiger partial charge in [-0.2, -0.15) is 0 Å². The van der Waals surface area contributed by atoms with Crippen LogP contribution in [-0.2, 0) is 4.74 Å². The maximum Gasteiger partial charge on any atom is 0.314 e. The van der Waals surface area contributed by atoms with Crippen LogP contribution < -0.4 is 15.4 Å². The van der Waals surface area contributed by atoms with E-state index in [1.165, 1.54) is 0 Å². The number of carbonyl (C=O) groups excluding carboxylic acids is 1. The SMILES string of the molecule is Cc1cccc(C)c1OCCNC(=O)NC[C@H]1CCCOC1. The zero-order chi connectivity index (χ0) is 15.8. The van der Waals surface area contributed by atoms with Crippen molar-refractivity contribution in [2.24, 2.45) is 5.92 Å². The Bertz CT molecular complexity index is 465. The molecule has 0 saturated carbocycles. The summed E-state index contributed by atoms with van der Waals surface area (Å²) in [6, 6.07) is 5.91. The molecule has 2 amide bonds. The molecule has 1 heterocycles. The van der Waals surface area contributed by atoms with Gasteiger partial charge in [0.2, 0.25) is 0 Å². The lowest BCUT2D eigenvalue weighted by Gasteiger charge is -2.22. The summed E-state index contributed by atoms with van der Waals surface area (Å²) in [6.07, 6.45) is 2.20. The lowest BCUT2D eigenvalue weighted by Crippen LogP contribution is -2.41. The highest BCUT2D eigenvalue weighted by Gasteiger charge is 2.14. The first kappa shape index (κ1) is 16.6. The number of urea groups is 1. The normalized spacial score (nSPS) is 17.8. The van der Waals surface area contributed by atoms with Crippen LogP contribution >= 0.6 is 0 Å². The first-order chi connectivity index (χ1) is 10.7. The monoisotopic (exact) mass is 306 g/mol. The third-order valence-electron chi connectivity index (χ3n) is 3.85. The Morgan fingerprint density at radius 3 is 2.77 bits per heavy atom. The summed E-state index contributed by atoms with van der Waals surface area (Å²) in [5.74, 6) is 1.34. The van der Waals surface area contributed by atoms with Gasteiger partial charge in [0.25, 0.3) is 0 Å². The second-order valence-corrected chi connectivity index (χ2v) is 5.79. The Kier molecular flexibility index (Phi) is 6.52. The number of aryl methyl sites for hydroxylation is 2. The number of rotatable bonds is 6. The number of benzene rings is 1. The molecule has 1 aromatic rings. The van der Waals surface area contributed by atoms with Crippen molar-refractivity contribution in [2.45, 2.75) is 26.7 Å². The van der Waals surface area contributed by atoms with Gasteiger partial charge in [0.15, 0.2) is 0 Å². The van der Waals surface area contributed by atoms with Crippen molar-refractivity contribution < 1.29 is 14.3 Å². The number of hydrogen-bond donors (Lipinski definition) is 2. The van der Waals surface area contributed by atoms with Crippen molar-refractivity contribution in [1.82, 2.24) is 10.6 Å². The summed E-state index contributed by atoms with van der Waals surface area (Å²) in [5.41, 5.74) is 2.23. The predicted octanol–water partition coefficient (Wildman–Crippen LogP) is 2.41. The molecule has 0 bridgehead atoms. The van der Waals surface area contributed by atoms with Crippen LogP contribution in [0.4, 0.5) is 4.79 Å². The molecule has 1 aliphatic rings. The van der Waals surface area contributed by atoms with Gasteiger partial charge in [0, 0.05) is 13.2 Å². The first-order valence-corrected chi connectivity index (χ1v) is 7.95. The molecule has 1 atom stereocenters. The van der Waals surface area contributed by atoms with Crippen LogP contribution in [0.5, 0.6) is 5.75 Å². The Morgan fingerprint density at radius 1 is 1.32 bits per heavy atom. The summed E-state index contributed by atoms with van der Waals surface area (Å²) in [7, 11) is 0. The van der Waals surface area contributed by atoms with Gasteiger partial charge in [0.1, 0.15) is 12.4 Å². The fraction of sp³-hybridized carbons (Fsp3) is 0.588. The van der Waals surface area contributed by atoms with Gasteiger partial charge in [-0.3, -0.25) is 0 Å². The Balaban J connectivity index is 1.60. The average Bonchev–Trinajstić information content (AvgIpc) is 2.53. The molecule has 1 fully saturated rings. The van der Waals surface area contributed by atoms with E-state index in [9.17, 15) is 4.79 Å². The second-order valence-electron chi connectivity index (χ2n) is 5.79. The maximum absolute atomic E-state index is 11.7. The van der Waals surface area contributed by atoms with Gasteiger partial charge < -0.3 is 20.1 Å². The number of para-hydroxylation sites is 1. The van der Waals surface area contributed by atoms with E-state index >= 15 is 0 Å². The minimum Gasteiger partial charge on any atom is -0.491 e. The molecule has 1 aromatic carbocycles. The third-order valence-corrected chi connectivity index (χ3v) is 3.85. The Labute approximate surface area is 132 Å². The van der Waals surface area contributed by atoms with Gasteiger partial charge >= 0.3 is 6.03 Å². The van der Waals surface area contributed by atoms with Crippen LogP contribution in [0.3, 0.4) is 0 Å². The van der Waals surface area contributed by atoms with Crippen LogP contribution in [0.2, 0.25) is 0 Å². The van der Waals surface area contributed by atoms with E-state index in [0.29, 0.717) is 25.6 Å². The number of nitrogens with one attached hydrogen (secondary N) is 2. The van der Waals surface area contributed by atoms with Gasteiger partial charge in [-0.25, -0.2) is 4.79 Å². The highest BCUT2D eigenvalue weighted by molar-refractivity contribution is 5.73.